The lowest BCUT2D eigenvalue weighted by molar-refractivity contribution is 0.236. The summed E-state index contributed by atoms with van der Waals surface area (Å²) in [7, 11) is 2.22. The minimum absolute atomic E-state index is 0.685. The van der Waals surface area contributed by atoms with Gasteiger partial charge in [0.05, 0.1) is 0 Å². The Bertz CT molecular complexity index is 107. The van der Waals surface area contributed by atoms with Crippen LogP contribution in [0.15, 0.2) is 0 Å². The molecule has 0 aromatic heterocycles. The number of rotatable bonds is 2. The molecule has 11 heavy (non-hydrogen) atoms. The van der Waals surface area contributed by atoms with Crippen LogP contribution in [0.4, 0.5) is 0 Å². The van der Waals surface area contributed by atoms with E-state index in [9.17, 15) is 0 Å². The average Bonchev–Trinajstić information content (AvgIpc) is 2.30. The third-order valence-corrected chi connectivity index (χ3v) is 3.25. The van der Waals surface area contributed by atoms with Gasteiger partial charge in [0.25, 0.3) is 0 Å². The van der Waals surface area contributed by atoms with Crippen molar-refractivity contribution in [2.75, 3.05) is 13.6 Å². The van der Waals surface area contributed by atoms with Crippen LogP contribution >= 0.6 is 0 Å². The minimum atomic E-state index is 0.685. The molecule has 1 aliphatic rings. The second-order valence-electron chi connectivity index (χ2n) is 3.70. The molecule has 2 N–H and O–H groups in total. The molecule has 1 rings (SSSR count). The van der Waals surface area contributed by atoms with Gasteiger partial charge in [-0.3, -0.25) is 0 Å². The highest BCUT2D eigenvalue weighted by Crippen LogP contribution is 2.28. The molecule has 3 unspecified atom stereocenters. The highest BCUT2D eigenvalue weighted by atomic mass is 15.2. The van der Waals surface area contributed by atoms with E-state index in [0.717, 1.165) is 18.5 Å². The lowest BCUT2D eigenvalue weighted by atomic mass is 10.00. The summed E-state index contributed by atoms with van der Waals surface area (Å²) in [6, 6.07) is 1.46. The van der Waals surface area contributed by atoms with Gasteiger partial charge in [-0.15, -0.1) is 0 Å². The smallest absolute Gasteiger partial charge is 0.0108 e. The van der Waals surface area contributed by atoms with Gasteiger partial charge in [0, 0.05) is 12.1 Å². The van der Waals surface area contributed by atoms with Crippen molar-refractivity contribution in [1.29, 1.82) is 0 Å². The second-order valence-corrected chi connectivity index (χ2v) is 3.70. The van der Waals surface area contributed by atoms with Crippen LogP contribution in [-0.2, 0) is 0 Å². The Labute approximate surface area is 69.8 Å². The summed E-state index contributed by atoms with van der Waals surface area (Å²) in [4.78, 5) is 2.47. The minimum Gasteiger partial charge on any atom is -0.330 e. The maximum atomic E-state index is 5.68. The van der Waals surface area contributed by atoms with Crippen LogP contribution in [0.25, 0.3) is 0 Å². The number of nitrogens with zero attached hydrogens (tertiary/aromatic N) is 1. The molecule has 66 valence electrons. The van der Waals surface area contributed by atoms with Gasteiger partial charge in [-0.1, -0.05) is 6.92 Å². The fraction of sp³-hybridized carbons (Fsp3) is 1.00. The summed E-state index contributed by atoms with van der Waals surface area (Å²) in [5.74, 6) is 0.727. The second kappa shape index (κ2) is 3.55. The molecular formula is C9H20N2. The van der Waals surface area contributed by atoms with Gasteiger partial charge >= 0.3 is 0 Å². The Morgan fingerprint density at radius 1 is 1.55 bits per heavy atom. The van der Waals surface area contributed by atoms with Crippen molar-refractivity contribution in [1.82, 2.24) is 4.90 Å². The van der Waals surface area contributed by atoms with Crippen LogP contribution in [0.2, 0.25) is 0 Å². The van der Waals surface area contributed by atoms with E-state index in [4.69, 9.17) is 5.73 Å². The molecule has 1 fully saturated rings. The standard InChI is InChI=1S/C9H20N2/c1-4-9-5-8(6-10)7(2)11(9)3/h7-9H,4-6,10H2,1-3H3. The Kier molecular flexibility index (Phi) is 2.90. The van der Waals surface area contributed by atoms with Crippen molar-refractivity contribution in [3.05, 3.63) is 0 Å². The molecule has 0 bridgehead atoms. The number of likely N-dealkylation sites (tertiary alicyclic amines) is 1. The molecule has 0 saturated carbocycles. The van der Waals surface area contributed by atoms with Crippen LogP contribution in [0, 0.1) is 5.92 Å². The molecule has 1 heterocycles. The summed E-state index contributed by atoms with van der Waals surface area (Å²) >= 11 is 0. The molecule has 1 saturated heterocycles. The quantitative estimate of drug-likeness (QED) is 0.648. The maximum Gasteiger partial charge on any atom is 0.0108 e. The van der Waals surface area contributed by atoms with Gasteiger partial charge in [-0.2, -0.15) is 0 Å². The van der Waals surface area contributed by atoms with E-state index in [2.05, 4.69) is 25.8 Å². The fourth-order valence-corrected chi connectivity index (χ4v) is 2.13. The summed E-state index contributed by atoms with van der Waals surface area (Å²) in [6.45, 7) is 5.39. The van der Waals surface area contributed by atoms with Crippen LogP contribution < -0.4 is 5.73 Å². The largest absolute Gasteiger partial charge is 0.330 e. The molecule has 0 aliphatic carbocycles. The predicted octanol–water partition coefficient (Wildman–Crippen LogP) is 1.06. The fourth-order valence-electron chi connectivity index (χ4n) is 2.13. The van der Waals surface area contributed by atoms with Crippen molar-refractivity contribution in [2.45, 2.75) is 38.8 Å². The molecular weight excluding hydrogens is 136 g/mol. The van der Waals surface area contributed by atoms with Crippen molar-refractivity contribution in [2.24, 2.45) is 11.7 Å². The van der Waals surface area contributed by atoms with E-state index < -0.39 is 0 Å². The van der Waals surface area contributed by atoms with Crippen LogP contribution in [0.5, 0.6) is 0 Å². The normalized spacial score (nSPS) is 39.8. The predicted molar refractivity (Wildman–Crippen MR) is 48.5 cm³/mol. The van der Waals surface area contributed by atoms with Crippen molar-refractivity contribution < 1.29 is 0 Å². The molecule has 0 amide bonds. The highest BCUT2D eigenvalue weighted by molar-refractivity contribution is 4.89. The first-order valence-corrected chi connectivity index (χ1v) is 4.62. The zero-order valence-electron chi connectivity index (χ0n) is 7.88. The first-order chi connectivity index (χ1) is 5.20. The van der Waals surface area contributed by atoms with Gasteiger partial charge < -0.3 is 10.6 Å². The van der Waals surface area contributed by atoms with E-state index >= 15 is 0 Å². The van der Waals surface area contributed by atoms with Crippen molar-refractivity contribution >= 4 is 0 Å². The van der Waals surface area contributed by atoms with E-state index in [0.29, 0.717) is 6.04 Å². The van der Waals surface area contributed by atoms with E-state index in [-0.39, 0.29) is 0 Å². The molecule has 0 aromatic carbocycles. The highest BCUT2D eigenvalue weighted by Gasteiger charge is 2.33. The van der Waals surface area contributed by atoms with Gasteiger partial charge in [0.2, 0.25) is 0 Å². The molecule has 0 aromatic rings. The van der Waals surface area contributed by atoms with Gasteiger partial charge in [-0.25, -0.2) is 0 Å². The average molecular weight is 156 g/mol. The topological polar surface area (TPSA) is 29.3 Å². The Hall–Kier alpha value is -0.0800. The monoisotopic (exact) mass is 156 g/mol. The van der Waals surface area contributed by atoms with E-state index in [1.165, 1.54) is 12.8 Å². The Morgan fingerprint density at radius 2 is 2.18 bits per heavy atom. The van der Waals surface area contributed by atoms with Crippen LogP contribution in [0.3, 0.4) is 0 Å². The molecule has 2 nitrogen and oxygen atoms in total. The number of hydrogen-bond donors (Lipinski definition) is 1. The molecule has 1 aliphatic heterocycles. The van der Waals surface area contributed by atoms with Crippen molar-refractivity contribution in [3.63, 3.8) is 0 Å². The van der Waals surface area contributed by atoms with Crippen molar-refractivity contribution in [3.8, 4) is 0 Å². The molecule has 2 heteroatoms. The maximum absolute atomic E-state index is 5.68. The van der Waals surface area contributed by atoms with Gasteiger partial charge in [0.15, 0.2) is 0 Å². The molecule has 3 atom stereocenters. The first kappa shape index (κ1) is 9.01. The lowest BCUT2D eigenvalue weighted by Gasteiger charge is -2.22. The molecule has 0 radical (unpaired) electrons. The number of nitrogens with two attached hydrogens (primary N) is 1. The van der Waals surface area contributed by atoms with Crippen LogP contribution in [-0.4, -0.2) is 30.6 Å². The molecule has 0 spiro atoms. The third-order valence-electron chi connectivity index (χ3n) is 3.25. The van der Waals surface area contributed by atoms with E-state index in [1.807, 2.05) is 0 Å². The summed E-state index contributed by atoms with van der Waals surface area (Å²) in [6.07, 6.45) is 2.56. The Morgan fingerprint density at radius 3 is 2.45 bits per heavy atom. The number of hydrogen-bond acceptors (Lipinski definition) is 2. The summed E-state index contributed by atoms with van der Waals surface area (Å²) in [5, 5.41) is 0. The summed E-state index contributed by atoms with van der Waals surface area (Å²) in [5.41, 5.74) is 5.68. The lowest BCUT2D eigenvalue weighted by Crippen LogP contribution is -2.32. The first-order valence-electron chi connectivity index (χ1n) is 4.62. The summed E-state index contributed by atoms with van der Waals surface area (Å²) < 4.78 is 0. The Balaban J connectivity index is 2.53. The zero-order chi connectivity index (χ0) is 8.43. The SMILES string of the molecule is CCC1CC(CN)C(C)N1C. The zero-order valence-corrected chi connectivity index (χ0v) is 7.88. The van der Waals surface area contributed by atoms with Gasteiger partial charge in [-0.05, 0) is 39.3 Å². The van der Waals surface area contributed by atoms with Crippen LogP contribution in [0.1, 0.15) is 26.7 Å². The van der Waals surface area contributed by atoms with Gasteiger partial charge in [0.1, 0.15) is 0 Å². The third kappa shape index (κ3) is 1.57. The van der Waals surface area contributed by atoms with E-state index in [1.54, 1.807) is 0 Å².